The Balaban J connectivity index is 2.85. The van der Waals surface area contributed by atoms with Gasteiger partial charge in [0.2, 0.25) is 0 Å². The number of hydrogen-bond donors (Lipinski definition) is 0. The number of thiophene rings is 1. The molecule has 0 atom stereocenters. The Bertz CT molecular complexity index is 191. The molecule has 0 unspecified atom stereocenters. The maximum absolute atomic E-state index is 2.33. The largest absolute Gasteiger partial charge is 0.154 e. The first-order valence-corrected chi connectivity index (χ1v) is 6.44. The van der Waals surface area contributed by atoms with Gasteiger partial charge in [-0.1, -0.05) is 13.1 Å². The first kappa shape index (κ1) is 7.03. The third-order valence-electron chi connectivity index (χ3n) is 1.22. The normalized spacial score (nSPS) is 10.7. The molecule has 0 N–H and O–H groups in total. The highest BCUT2D eigenvalue weighted by Gasteiger charge is 2.01. The van der Waals surface area contributed by atoms with Gasteiger partial charge in [-0.2, -0.15) is 11.3 Å². The molecule has 1 heterocycles. The minimum Gasteiger partial charge on any atom is -0.154 e. The van der Waals surface area contributed by atoms with Gasteiger partial charge in [0, 0.05) is 0 Å². The summed E-state index contributed by atoms with van der Waals surface area (Å²) in [5.41, 5.74) is 1.42. The maximum atomic E-state index is 2.33. The molecule has 0 spiro atoms. The van der Waals surface area contributed by atoms with E-state index in [1.54, 1.807) is 4.50 Å². The highest BCUT2D eigenvalue weighted by molar-refractivity contribution is 7.21. The molecule has 0 saturated heterocycles. The Kier molecular flexibility index (Phi) is 2.08. The van der Waals surface area contributed by atoms with Crippen LogP contribution < -0.4 is 4.50 Å². The molecule has 1 radical (unpaired) electrons. The van der Waals surface area contributed by atoms with Gasteiger partial charge in [0.15, 0.2) is 0 Å². The second-order valence-electron chi connectivity index (χ2n) is 2.49. The average molecular weight is 155 g/mol. The predicted octanol–water partition coefficient (Wildman–Crippen LogP) is 2.02. The van der Waals surface area contributed by atoms with E-state index in [4.69, 9.17) is 0 Å². The fraction of sp³-hybridized carbons (Fsp3) is 0.429. The van der Waals surface area contributed by atoms with Crippen molar-refractivity contribution in [2.24, 2.45) is 0 Å². The van der Waals surface area contributed by atoms with Crippen LogP contribution >= 0.6 is 11.3 Å². The van der Waals surface area contributed by atoms with E-state index in [0.29, 0.717) is 0 Å². The van der Waals surface area contributed by atoms with Crippen LogP contribution in [-0.2, 0) is 0 Å². The number of aryl methyl sites for hydroxylation is 1. The van der Waals surface area contributed by atoms with Crippen LogP contribution in [0, 0.1) is 6.92 Å². The Morgan fingerprint density at radius 2 is 2.11 bits per heavy atom. The summed E-state index contributed by atoms with van der Waals surface area (Å²) in [5, 5.41) is 2.23. The SMILES string of the molecule is Cc1csc([Si](C)C)c1. The monoisotopic (exact) mass is 155 g/mol. The molecule has 1 rings (SSSR count). The van der Waals surface area contributed by atoms with Crippen molar-refractivity contribution in [1.82, 2.24) is 0 Å². The highest BCUT2D eigenvalue weighted by Crippen LogP contribution is 2.02. The van der Waals surface area contributed by atoms with E-state index in [9.17, 15) is 0 Å². The Labute approximate surface area is 62.1 Å². The van der Waals surface area contributed by atoms with Gasteiger partial charge in [-0.05, 0) is 28.4 Å². The minimum atomic E-state index is -0.173. The van der Waals surface area contributed by atoms with E-state index in [1.807, 2.05) is 11.3 Å². The summed E-state index contributed by atoms with van der Waals surface area (Å²) < 4.78 is 1.59. The Morgan fingerprint density at radius 3 is 2.33 bits per heavy atom. The molecule has 0 bridgehead atoms. The van der Waals surface area contributed by atoms with Crippen molar-refractivity contribution < 1.29 is 0 Å². The molecule has 0 saturated carbocycles. The van der Waals surface area contributed by atoms with Crippen LogP contribution in [0.4, 0.5) is 0 Å². The van der Waals surface area contributed by atoms with Crippen molar-refractivity contribution in [3.05, 3.63) is 17.0 Å². The lowest BCUT2D eigenvalue weighted by Crippen LogP contribution is -2.17. The quantitative estimate of drug-likeness (QED) is 0.544. The standard InChI is InChI=1S/C7H11SSi/c1-6-4-7(8-5-6)9(2)3/h4-5H,1-3H3. The molecule has 1 aromatic rings. The molecule has 9 heavy (non-hydrogen) atoms. The van der Waals surface area contributed by atoms with E-state index < -0.39 is 0 Å². The summed E-state index contributed by atoms with van der Waals surface area (Å²) in [4.78, 5) is 0. The molecule has 0 aromatic carbocycles. The molecule has 0 aliphatic heterocycles. The lowest BCUT2D eigenvalue weighted by molar-refractivity contribution is 1.56. The van der Waals surface area contributed by atoms with Crippen LogP contribution in [0.1, 0.15) is 5.56 Å². The Hall–Kier alpha value is -0.0831. The zero-order valence-corrected chi connectivity index (χ0v) is 7.88. The highest BCUT2D eigenvalue weighted by atomic mass is 32.1. The van der Waals surface area contributed by atoms with Gasteiger partial charge in [0.1, 0.15) is 0 Å². The summed E-state index contributed by atoms with van der Waals surface area (Å²) in [6.45, 7) is 6.82. The van der Waals surface area contributed by atoms with Gasteiger partial charge in [-0.15, -0.1) is 0 Å². The average Bonchev–Trinajstić information content (AvgIpc) is 2.14. The molecule has 49 valence electrons. The molecule has 0 aliphatic carbocycles. The lowest BCUT2D eigenvalue weighted by atomic mass is 10.4. The van der Waals surface area contributed by atoms with Crippen molar-refractivity contribution in [3.8, 4) is 0 Å². The fourth-order valence-corrected chi connectivity index (χ4v) is 2.96. The minimum absolute atomic E-state index is 0.173. The van der Waals surface area contributed by atoms with Crippen molar-refractivity contribution >= 4 is 24.6 Å². The van der Waals surface area contributed by atoms with Crippen LogP contribution in [0.3, 0.4) is 0 Å². The Morgan fingerprint density at radius 1 is 1.44 bits per heavy atom. The molecule has 2 heteroatoms. The van der Waals surface area contributed by atoms with E-state index in [0.717, 1.165) is 0 Å². The van der Waals surface area contributed by atoms with Crippen LogP contribution in [0.15, 0.2) is 11.4 Å². The molecular weight excluding hydrogens is 144 g/mol. The number of rotatable bonds is 1. The van der Waals surface area contributed by atoms with Gasteiger partial charge in [-0.25, -0.2) is 0 Å². The summed E-state index contributed by atoms with van der Waals surface area (Å²) in [6, 6.07) is 2.30. The van der Waals surface area contributed by atoms with Crippen molar-refractivity contribution in [1.29, 1.82) is 0 Å². The zero-order valence-electron chi connectivity index (χ0n) is 6.06. The number of hydrogen-bond acceptors (Lipinski definition) is 1. The van der Waals surface area contributed by atoms with Gasteiger partial charge in [0.25, 0.3) is 0 Å². The van der Waals surface area contributed by atoms with E-state index in [2.05, 4.69) is 31.5 Å². The lowest BCUT2D eigenvalue weighted by Gasteiger charge is -1.93. The zero-order chi connectivity index (χ0) is 6.85. The molecular formula is C7H11SSi. The van der Waals surface area contributed by atoms with Gasteiger partial charge < -0.3 is 0 Å². The summed E-state index contributed by atoms with van der Waals surface area (Å²) in [6.07, 6.45) is 0. The third-order valence-corrected chi connectivity index (χ3v) is 4.79. The van der Waals surface area contributed by atoms with Crippen LogP contribution in [0.25, 0.3) is 0 Å². The van der Waals surface area contributed by atoms with Crippen molar-refractivity contribution in [2.45, 2.75) is 20.0 Å². The fourth-order valence-electron chi connectivity index (χ4n) is 0.693. The van der Waals surface area contributed by atoms with Crippen molar-refractivity contribution in [3.63, 3.8) is 0 Å². The van der Waals surface area contributed by atoms with E-state index in [1.165, 1.54) is 5.56 Å². The summed E-state index contributed by atoms with van der Waals surface area (Å²) in [7, 11) is -0.173. The van der Waals surface area contributed by atoms with E-state index >= 15 is 0 Å². The smallest absolute Gasteiger partial charge is 0.0927 e. The van der Waals surface area contributed by atoms with E-state index in [-0.39, 0.29) is 8.80 Å². The molecule has 0 fully saturated rings. The molecule has 0 amide bonds. The second-order valence-corrected chi connectivity index (χ2v) is 6.30. The second kappa shape index (κ2) is 2.67. The molecule has 1 aromatic heterocycles. The van der Waals surface area contributed by atoms with Gasteiger partial charge in [0.05, 0.1) is 8.80 Å². The molecule has 0 aliphatic rings. The van der Waals surface area contributed by atoms with Crippen LogP contribution in [0.5, 0.6) is 0 Å². The van der Waals surface area contributed by atoms with Crippen molar-refractivity contribution in [2.75, 3.05) is 0 Å². The van der Waals surface area contributed by atoms with Gasteiger partial charge in [-0.3, -0.25) is 0 Å². The van der Waals surface area contributed by atoms with Gasteiger partial charge >= 0.3 is 0 Å². The van der Waals surface area contributed by atoms with Crippen LogP contribution in [0.2, 0.25) is 13.1 Å². The maximum Gasteiger partial charge on any atom is 0.0927 e. The first-order chi connectivity index (χ1) is 4.20. The third kappa shape index (κ3) is 1.66. The first-order valence-electron chi connectivity index (χ1n) is 3.06. The summed E-state index contributed by atoms with van der Waals surface area (Å²) >= 11 is 1.90. The molecule has 0 nitrogen and oxygen atoms in total. The topological polar surface area (TPSA) is 0 Å². The predicted molar refractivity (Wildman–Crippen MR) is 46.2 cm³/mol. The van der Waals surface area contributed by atoms with Crippen LogP contribution in [-0.4, -0.2) is 8.80 Å². The summed E-state index contributed by atoms with van der Waals surface area (Å²) in [5.74, 6) is 0.